The lowest BCUT2D eigenvalue weighted by Crippen LogP contribution is -2.41. The highest BCUT2D eigenvalue weighted by molar-refractivity contribution is 5.97. The molecule has 0 fully saturated rings. The number of unbranched alkanes of at least 4 members (excludes halogenated alkanes) is 4. The fourth-order valence-corrected chi connectivity index (χ4v) is 2.30. The summed E-state index contributed by atoms with van der Waals surface area (Å²) in [5.74, 6) is -3.79. The lowest BCUT2D eigenvalue weighted by molar-refractivity contribution is -0.143. The van der Waals surface area contributed by atoms with Gasteiger partial charge in [-0.1, -0.05) is 31.4 Å². The number of esters is 1. The summed E-state index contributed by atoms with van der Waals surface area (Å²) in [5, 5.41) is 2.42. The van der Waals surface area contributed by atoms with E-state index in [1.807, 2.05) is 6.08 Å². The first kappa shape index (κ1) is 19.8. The Morgan fingerprint density at radius 2 is 1.96 bits per heavy atom. The first-order valence-corrected chi connectivity index (χ1v) is 7.94. The summed E-state index contributed by atoms with van der Waals surface area (Å²) in [6.45, 7) is 3.65. The van der Waals surface area contributed by atoms with Crippen LogP contribution in [0.2, 0.25) is 0 Å². The van der Waals surface area contributed by atoms with Crippen LogP contribution in [0, 0.1) is 11.6 Å². The van der Waals surface area contributed by atoms with Crippen LogP contribution >= 0.6 is 0 Å². The molecule has 0 aliphatic heterocycles. The van der Waals surface area contributed by atoms with Gasteiger partial charge in [0.2, 0.25) is 0 Å². The number of halogens is 2. The van der Waals surface area contributed by atoms with Crippen LogP contribution in [0.4, 0.5) is 8.78 Å². The van der Waals surface area contributed by atoms with Gasteiger partial charge in [0, 0.05) is 0 Å². The minimum absolute atomic E-state index is 0.378. The van der Waals surface area contributed by atoms with Crippen molar-refractivity contribution < 1.29 is 23.1 Å². The molecular formula is C18H23F2NO3. The van der Waals surface area contributed by atoms with Crippen LogP contribution in [0.3, 0.4) is 0 Å². The van der Waals surface area contributed by atoms with E-state index in [1.165, 1.54) is 13.2 Å². The standard InChI is InChI=1S/C18H23F2NO3/c1-3-4-5-6-7-8-12-15(18(23)24-2)21-17(22)13-10-9-11-14(19)16(13)20/h3,9-11,15H,1,4-8,12H2,2H3,(H,21,22)/t15-/m1/s1. The Hall–Kier alpha value is -2.24. The molecule has 132 valence electrons. The highest BCUT2D eigenvalue weighted by Gasteiger charge is 2.23. The second-order valence-corrected chi connectivity index (χ2v) is 5.43. The van der Waals surface area contributed by atoms with E-state index in [-0.39, 0.29) is 0 Å². The first-order chi connectivity index (χ1) is 11.5. The van der Waals surface area contributed by atoms with Crippen molar-refractivity contribution in [2.75, 3.05) is 7.11 Å². The fourth-order valence-electron chi connectivity index (χ4n) is 2.30. The third kappa shape index (κ3) is 6.10. The maximum atomic E-state index is 13.7. The normalized spacial score (nSPS) is 11.6. The molecule has 0 aliphatic rings. The molecule has 0 heterocycles. The van der Waals surface area contributed by atoms with Crippen molar-refractivity contribution in [3.8, 4) is 0 Å². The Kier molecular flexibility index (Phi) is 8.68. The van der Waals surface area contributed by atoms with Crippen LogP contribution in [-0.4, -0.2) is 25.0 Å². The molecule has 0 aromatic heterocycles. The van der Waals surface area contributed by atoms with Gasteiger partial charge in [0.15, 0.2) is 11.6 Å². The van der Waals surface area contributed by atoms with Gasteiger partial charge in [-0.25, -0.2) is 13.6 Å². The number of ether oxygens (including phenoxy) is 1. The minimum atomic E-state index is -1.23. The molecule has 1 atom stereocenters. The maximum Gasteiger partial charge on any atom is 0.328 e. The van der Waals surface area contributed by atoms with E-state index in [4.69, 9.17) is 0 Å². The van der Waals surface area contributed by atoms with Gasteiger partial charge < -0.3 is 10.1 Å². The molecular weight excluding hydrogens is 316 g/mol. The number of methoxy groups -OCH3 is 1. The molecule has 1 amide bonds. The van der Waals surface area contributed by atoms with Crippen molar-refractivity contribution in [3.63, 3.8) is 0 Å². The van der Waals surface area contributed by atoms with E-state index >= 15 is 0 Å². The molecule has 0 radical (unpaired) electrons. The summed E-state index contributed by atoms with van der Waals surface area (Å²) in [6.07, 6.45) is 6.79. The van der Waals surface area contributed by atoms with Gasteiger partial charge in [-0.05, 0) is 31.4 Å². The molecule has 4 nitrogen and oxygen atoms in total. The Balaban J connectivity index is 2.62. The number of amides is 1. The average Bonchev–Trinajstić information content (AvgIpc) is 2.58. The minimum Gasteiger partial charge on any atom is -0.467 e. The number of rotatable bonds is 10. The Morgan fingerprint density at radius 3 is 2.62 bits per heavy atom. The number of carbonyl (C=O) groups is 2. The van der Waals surface area contributed by atoms with Gasteiger partial charge >= 0.3 is 5.97 Å². The first-order valence-electron chi connectivity index (χ1n) is 7.94. The number of allylic oxidation sites excluding steroid dienone is 1. The summed E-state index contributed by atoms with van der Waals surface area (Å²) in [7, 11) is 1.22. The van der Waals surface area contributed by atoms with E-state index < -0.39 is 35.1 Å². The van der Waals surface area contributed by atoms with Crippen molar-refractivity contribution in [1.29, 1.82) is 0 Å². The molecule has 0 spiro atoms. The van der Waals surface area contributed by atoms with Crippen LogP contribution in [0.15, 0.2) is 30.9 Å². The predicted molar refractivity (Wildman–Crippen MR) is 87.5 cm³/mol. The summed E-state index contributed by atoms with van der Waals surface area (Å²) in [5.41, 5.74) is -0.435. The van der Waals surface area contributed by atoms with E-state index in [2.05, 4.69) is 16.6 Å². The lowest BCUT2D eigenvalue weighted by Gasteiger charge is -2.16. The second kappa shape index (κ2) is 10.5. The van der Waals surface area contributed by atoms with Crippen molar-refractivity contribution in [2.24, 2.45) is 0 Å². The van der Waals surface area contributed by atoms with E-state index in [0.29, 0.717) is 12.8 Å². The number of benzene rings is 1. The molecule has 1 N–H and O–H groups in total. The topological polar surface area (TPSA) is 55.4 Å². The molecule has 0 unspecified atom stereocenters. The molecule has 0 aliphatic carbocycles. The number of nitrogens with one attached hydrogen (secondary N) is 1. The zero-order valence-electron chi connectivity index (χ0n) is 13.8. The molecule has 1 aromatic carbocycles. The second-order valence-electron chi connectivity index (χ2n) is 5.43. The van der Waals surface area contributed by atoms with E-state index in [9.17, 15) is 18.4 Å². The van der Waals surface area contributed by atoms with Gasteiger partial charge in [0.25, 0.3) is 5.91 Å². The Morgan fingerprint density at radius 1 is 1.25 bits per heavy atom. The van der Waals surface area contributed by atoms with E-state index in [1.54, 1.807) is 0 Å². The number of hydrogen-bond acceptors (Lipinski definition) is 3. The van der Waals surface area contributed by atoms with Crippen LogP contribution in [0.1, 0.15) is 48.9 Å². The Labute approximate surface area is 140 Å². The summed E-state index contributed by atoms with van der Waals surface area (Å²) in [4.78, 5) is 23.9. The molecule has 0 saturated carbocycles. The summed E-state index contributed by atoms with van der Waals surface area (Å²) >= 11 is 0. The van der Waals surface area contributed by atoms with Crippen LogP contribution in [0.25, 0.3) is 0 Å². The monoisotopic (exact) mass is 339 g/mol. The molecule has 1 rings (SSSR count). The van der Waals surface area contributed by atoms with Gasteiger partial charge in [0.1, 0.15) is 6.04 Å². The Bertz CT molecular complexity index is 575. The summed E-state index contributed by atoms with van der Waals surface area (Å²) < 4.78 is 31.5. The van der Waals surface area contributed by atoms with Crippen LogP contribution in [-0.2, 0) is 9.53 Å². The molecule has 1 aromatic rings. The van der Waals surface area contributed by atoms with Crippen molar-refractivity contribution in [2.45, 2.75) is 44.6 Å². The molecule has 6 heteroatoms. The van der Waals surface area contributed by atoms with Crippen molar-refractivity contribution >= 4 is 11.9 Å². The molecule has 24 heavy (non-hydrogen) atoms. The molecule has 0 saturated heterocycles. The predicted octanol–water partition coefficient (Wildman–Crippen LogP) is 3.76. The SMILES string of the molecule is C=CCCCCCC[C@@H](NC(=O)c1cccc(F)c1F)C(=O)OC. The summed E-state index contributed by atoms with van der Waals surface area (Å²) in [6, 6.07) is 2.44. The van der Waals surface area contributed by atoms with Gasteiger partial charge in [0.05, 0.1) is 12.7 Å². The van der Waals surface area contributed by atoms with Gasteiger partial charge in [-0.15, -0.1) is 6.58 Å². The van der Waals surface area contributed by atoms with Gasteiger partial charge in [-0.2, -0.15) is 0 Å². The smallest absolute Gasteiger partial charge is 0.328 e. The third-order valence-corrected chi connectivity index (χ3v) is 3.64. The van der Waals surface area contributed by atoms with E-state index in [0.717, 1.165) is 37.8 Å². The lowest BCUT2D eigenvalue weighted by atomic mass is 10.1. The maximum absolute atomic E-state index is 13.7. The number of hydrogen-bond donors (Lipinski definition) is 1. The van der Waals surface area contributed by atoms with Crippen molar-refractivity contribution in [3.05, 3.63) is 48.1 Å². The van der Waals surface area contributed by atoms with Crippen molar-refractivity contribution in [1.82, 2.24) is 5.32 Å². The van der Waals surface area contributed by atoms with Crippen LogP contribution in [0.5, 0.6) is 0 Å². The third-order valence-electron chi connectivity index (χ3n) is 3.64. The van der Waals surface area contributed by atoms with Crippen LogP contribution < -0.4 is 5.32 Å². The van der Waals surface area contributed by atoms with Gasteiger partial charge in [-0.3, -0.25) is 4.79 Å². The molecule has 0 bridgehead atoms. The quantitative estimate of drug-likeness (QED) is 0.401. The largest absolute Gasteiger partial charge is 0.467 e. The number of carbonyl (C=O) groups excluding carboxylic acids is 2. The fraction of sp³-hybridized carbons (Fsp3) is 0.444. The highest BCUT2D eigenvalue weighted by Crippen LogP contribution is 2.13. The zero-order chi connectivity index (χ0) is 17.9. The highest BCUT2D eigenvalue weighted by atomic mass is 19.2. The zero-order valence-corrected chi connectivity index (χ0v) is 13.8. The average molecular weight is 339 g/mol.